The Kier molecular flexibility index (Phi) is 4.38. The molecule has 0 aliphatic carbocycles. The highest BCUT2D eigenvalue weighted by Gasteiger charge is 2.33. The molecule has 0 aromatic heterocycles. The maximum absolute atomic E-state index is 13.4. The van der Waals surface area contributed by atoms with Gasteiger partial charge in [0.1, 0.15) is 10.7 Å². The van der Waals surface area contributed by atoms with E-state index in [4.69, 9.17) is 10.5 Å². The summed E-state index contributed by atoms with van der Waals surface area (Å²) >= 11 is 2.98. The average Bonchev–Trinajstić information content (AvgIpc) is 2.32. The monoisotopic (exact) mass is 366 g/mol. The number of nitrogens with two attached hydrogens (primary N) is 1. The Labute approximate surface area is 126 Å². The first kappa shape index (κ1) is 15.7. The molecule has 0 spiro atoms. The number of nitrogens with zero attached hydrogens (tertiary/aromatic N) is 1. The molecule has 2 atom stereocenters. The van der Waals surface area contributed by atoms with Crippen molar-refractivity contribution in [1.29, 1.82) is 0 Å². The van der Waals surface area contributed by atoms with E-state index in [1.165, 1.54) is 10.4 Å². The molecule has 112 valence electrons. The molecule has 8 heteroatoms. The molecular formula is C12H16BrFN2O3S. The first-order chi connectivity index (χ1) is 9.21. The van der Waals surface area contributed by atoms with Crippen molar-refractivity contribution in [3.05, 3.63) is 22.4 Å². The van der Waals surface area contributed by atoms with Gasteiger partial charge < -0.3 is 10.5 Å². The van der Waals surface area contributed by atoms with Gasteiger partial charge in [-0.2, -0.15) is 4.31 Å². The van der Waals surface area contributed by atoms with E-state index in [1.807, 2.05) is 13.8 Å². The van der Waals surface area contributed by atoms with Gasteiger partial charge in [-0.3, -0.25) is 0 Å². The van der Waals surface area contributed by atoms with Crippen LogP contribution in [-0.4, -0.2) is 38.0 Å². The van der Waals surface area contributed by atoms with Crippen molar-refractivity contribution in [1.82, 2.24) is 4.31 Å². The molecule has 20 heavy (non-hydrogen) atoms. The van der Waals surface area contributed by atoms with E-state index in [9.17, 15) is 12.8 Å². The quantitative estimate of drug-likeness (QED) is 0.812. The summed E-state index contributed by atoms with van der Waals surface area (Å²) in [6, 6.07) is 2.20. The lowest BCUT2D eigenvalue weighted by Gasteiger charge is -2.34. The molecule has 2 N–H and O–H groups in total. The van der Waals surface area contributed by atoms with E-state index in [1.54, 1.807) is 0 Å². The predicted octanol–water partition coefficient (Wildman–Crippen LogP) is 1.97. The SMILES string of the molecule is C[C@@H]1CN(S(=O)(=O)c2cc(Br)c(F)cc2N)C[C@H](C)O1. The van der Waals surface area contributed by atoms with Crippen LogP contribution in [0.15, 0.2) is 21.5 Å². The van der Waals surface area contributed by atoms with E-state index in [2.05, 4.69) is 15.9 Å². The minimum Gasteiger partial charge on any atom is -0.398 e. The average molecular weight is 367 g/mol. The molecule has 0 bridgehead atoms. The highest BCUT2D eigenvalue weighted by atomic mass is 79.9. The fourth-order valence-corrected chi connectivity index (χ4v) is 4.44. The van der Waals surface area contributed by atoms with Gasteiger partial charge in [0.25, 0.3) is 0 Å². The third kappa shape index (κ3) is 2.98. The molecule has 5 nitrogen and oxygen atoms in total. The second-order valence-corrected chi connectivity index (χ2v) is 7.64. The summed E-state index contributed by atoms with van der Waals surface area (Å²) in [4.78, 5) is -0.0907. The van der Waals surface area contributed by atoms with Gasteiger partial charge >= 0.3 is 0 Å². The number of ether oxygens (including phenoxy) is 1. The molecule has 1 saturated heterocycles. The number of hydrogen-bond acceptors (Lipinski definition) is 4. The zero-order valence-corrected chi connectivity index (χ0v) is 13.5. The number of nitrogen functional groups attached to an aromatic ring is 1. The second-order valence-electron chi connectivity index (χ2n) is 4.88. The van der Waals surface area contributed by atoms with Crippen LogP contribution >= 0.6 is 15.9 Å². The molecule has 1 aromatic carbocycles. The van der Waals surface area contributed by atoms with Gasteiger partial charge in [-0.15, -0.1) is 0 Å². The van der Waals surface area contributed by atoms with Crippen LogP contribution in [-0.2, 0) is 14.8 Å². The van der Waals surface area contributed by atoms with Crippen LogP contribution in [0.1, 0.15) is 13.8 Å². The molecule has 0 saturated carbocycles. The van der Waals surface area contributed by atoms with E-state index in [0.29, 0.717) is 0 Å². The Morgan fingerprint density at radius 2 is 1.90 bits per heavy atom. The molecular weight excluding hydrogens is 351 g/mol. The lowest BCUT2D eigenvalue weighted by atomic mass is 10.3. The van der Waals surface area contributed by atoms with E-state index >= 15 is 0 Å². The Balaban J connectivity index is 2.42. The van der Waals surface area contributed by atoms with Gasteiger partial charge in [0.15, 0.2) is 0 Å². The van der Waals surface area contributed by atoms with Crippen molar-refractivity contribution < 1.29 is 17.5 Å². The Morgan fingerprint density at radius 1 is 1.35 bits per heavy atom. The first-order valence-corrected chi connectivity index (χ1v) is 8.35. The Bertz CT molecular complexity index is 613. The standard InChI is InChI=1S/C12H16BrFN2O3S/c1-7-5-16(6-8(2)19-7)20(17,18)12-3-9(13)10(14)4-11(12)15/h3-4,7-8H,5-6,15H2,1-2H3/t7-,8+. The number of anilines is 1. The summed E-state index contributed by atoms with van der Waals surface area (Å²) in [6.45, 7) is 4.12. The summed E-state index contributed by atoms with van der Waals surface area (Å²) < 4.78 is 45.5. The zero-order chi connectivity index (χ0) is 15.1. The minimum absolute atomic E-state index is 0.0691. The van der Waals surface area contributed by atoms with Crippen LogP contribution in [0.5, 0.6) is 0 Å². The maximum atomic E-state index is 13.4. The summed E-state index contributed by atoms with van der Waals surface area (Å²) in [5.41, 5.74) is 5.55. The maximum Gasteiger partial charge on any atom is 0.245 e. The number of morpholine rings is 1. The van der Waals surface area contributed by atoms with Crippen molar-refractivity contribution in [2.24, 2.45) is 0 Å². The zero-order valence-electron chi connectivity index (χ0n) is 11.1. The number of benzene rings is 1. The van der Waals surface area contributed by atoms with E-state index < -0.39 is 15.8 Å². The molecule has 1 fully saturated rings. The third-order valence-electron chi connectivity index (χ3n) is 3.06. The van der Waals surface area contributed by atoms with Crippen LogP contribution in [0.3, 0.4) is 0 Å². The summed E-state index contributed by atoms with van der Waals surface area (Å²) in [7, 11) is -3.77. The van der Waals surface area contributed by atoms with Crippen LogP contribution in [0.4, 0.5) is 10.1 Å². The lowest BCUT2D eigenvalue weighted by molar-refractivity contribution is -0.0440. The number of rotatable bonds is 2. The highest BCUT2D eigenvalue weighted by Crippen LogP contribution is 2.29. The smallest absolute Gasteiger partial charge is 0.245 e. The van der Waals surface area contributed by atoms with Crippen LogP contribution < -0.4 is 5.73 Å². The van der Waals surface area contributed by atoms with Gasteiger partial charge in [-0.1, -0.05) is 0 Å². The second kappa shape index (κ2) is 5.59. The Morgan fingerprint density at radius 3 is 2.45 bits per heavy atom. The normalized spacial score (nSPS) is 24.8. The van der Waals surface area contributed by atoms with Crippen molar-refractivity contribution in [3.63, 3.8) is 0 Å². The largest absolute Gasteiger partial charge is 0.398 e. The first-order valence-electron chi connectivity index (χ1n) is 6.12. The molecule has 1 aromatic rings. The number of halogens is 2. The van der Waals surface area contributed by atoms with Gasteiger partial charge in [0.2, 0.25) is 10.0 Å². The molecule has 0 radical (unpaired) electrons. The Hall–Kier alpha value is -0.700. The van der Waals surface area contributed by atoms with Crippen LogP contribution in [0, 0.1) is 5.82 Å². The molecule has 0 amide bonds. The predicted molar refractivity (Wildman–Crippen MR) is 77.3 cm³/mol. The van der Waals surface area contributed by atoms with Crippen LogP contribution in [0.25, 0.3) is 0 Å². The van der Waals surface area contributed by atoms with Crippen molar-refractivity contribution in [3.8, 4) is 0 Å². The summed E-state index contributed by atoms with van der Waals surface area (Å²) in [5.74, 6) is -0.592. The number of hydrogen-bond donors (Lipinski definition) is 1. The lowest BCUT2D eigenvalue weighted by Crippen LogP contribution is -2.48. The fraction of sp³-hybridized carbons (Fsp3) is 0.500. The topological polar surface area (TPSA) is 72.6 Å². The minimum atomic E-state index is -3.77. The number of sulfonamides is 1. The van der Waals surface area contributed by atoms with Gasteiger partial charge in [-0.05, 0) is 41.9 Å². The van der Waals surface area contributed by atoms with E-state index in [0.717, 1.165) is 6.07 Å². The molecule has 1 aliphatic rings. The molecule has 2 rings (SSSR count). The van der Waals surface area contributed by atoms with Gasteiger partial charge in [-0.25, -0.2) is 12.8 Å². The summed E-state index contributed by atoms with van der Waals surface area (Å²) in [5, 5.41) is 0. The van der Waals surface area contributed by atoms with Crippen molar-refractivity contribution >= 4 is 31.6 Å². The molecule has 1 heterocycles. The van der Waals surface area contributed by atoms with E-state index in [-0.39, 0.29) is 40.4 Å². The molecule has 0 unspecified atom stereocenters. The summed E-state index contributed by atoms with van der Waals surface area (Å²) in [6.07, 6.45) is -0.391. The van der Waals surface area contributed by atoms with Crippen molar-refractivity contribution in [2.75, 3.05) is 18.8 Å². The fourth-order valence-electron chi connectivity index (χ4n) is 2.23. The highest BCUT2D eigenvalue weighted by molar-refractivity contribution is 9.10. The molecule has 1 aliphatic heterocycles. The third-order valence-corrected chi connectivity index (χ3v) is 5.55. The van der Waals surface area contributed by atoms with Gasteiger partial charge in [0, 0.05) is 13.1 Å². The van der Waals surface area contributed by atoms with Crippen LogP contribution in [0.2, 0.25) is 0 Å². The van der Waals surface area contributed by atoms with Gasteiger partial charge in [0.05, 0.1) is 22.4 Å². The van der Waals surface area contributed by atoms with Crippen molar-refractivity contribution in [2.45, 2.75) is 31.0 Å².